The molecule has 1 aliphatic heterocycles. The van der Waals surface area contributed by atoms with Crippen LogP contribution in [0.15, 0.2) is 30.3 Å². The smallest absolute Gasteiger partial charge is 0.140 e. The minimum atomic E-state index is -1.26. The van der Waals surface area contributed by atoms with E-state index in [0.717, 1.165) is 11.3 Å². The molecule has 3 heteroatoms. The van der Waals surface area contributed by atoms with E-state index >= 15 is 0 Å². The van der Waals surface area contributed by atoms with Gasteiger partial charge in [-0.2, -0.15) is 0 Å². The molecule has 14 heavy (non-hydrogen) atoms. The Morgan fingerprint density at radius 1 is 1.36 bits per heavy atom. The van der Waals surface area contributed by atoms with Gasteiger partial charge >= 0.3 is 0 Å². The minimum Gasteiger partial charge on any atom is -0.490 e. The summed E-state index contributed by atoms with van der Waals surface area (Å²) < 4.78 is 5.38. The fourth-order valence-electron chi connectivity index (χ4n) is 1.34. The summed E-state index contributed by atoms with van der Waals surface area (Å²) in [5, 5.41) is 18.7. The van der Waals surface area contributed by atoms with Crippen molar-refractivity contribution in [2.75, 3.05) is 13.2 Å². The molecule has 0 radical (unpaired) electrons. The summed E-state index contributed by atoms with van der Waals surface area (Å²) in [5.41, 5.74) is -0.351. The summed E-state index contributed by atoms with van der Waals surface area (Å²) in [6, 6.07) is 7.50. The molecule has 0 saturated carbocycles. The third kappa shape index (κ3) is 1.64. The van der Waals surface area contributed by atoms with Gasteiger partial charge in [0.05, 0.1) is 6.61 Å². The quantitative estimate of drug-likeness (QED) is 0.692. The van der Waals surface area contributed by atoms with Crippen molar-refractivity contribution in [3.8, 4) is 5.75 Å². The predicted molar refractivity (Wildman–Crippen MR) is 53.0 cm³/mol. The van der Waals surface area contributed by atoms with Gasteiger partial charge in [0.15, 0.2) is 0 Å². The first-order valence-electron chi connectivity index (χ1n) is 4.48. The van der Waals surface area contributed by atoms with Crippen LogP contribution in [0.25, 0.3) is 6.08 Å². The Kier molecular flexibility index (Phi) is 2.27. The second-order valence-corrected chi connectivity index (χ2v) is 3.42. The summed E-state index contributed by atoms with van der Waals surface area (Å²) >= 11 is 0. The van der Waals surface area contributed by atoms with E-state index < -0.39 is 5.60 Å². The minimum absolute atomic E-state index is 0.0804. The van der Waals surface area contributed by atoms with Crippen LogP contribution >= 0.6 is 0 Å². The Hall–Kier alpha value is -1.32. The van der Waals surface area contributed by atoms with E-state index in [4.69, 9.17) is 9.84 Å². The standard InChI is InChI=1S/C11H12O3/c12-7-11(13)6-5-9-3-1-2-4-10(9)14-8-11/h1-6,12-13H,7-8H2. The normalized spacial score (nSPS) is 25.0. The molecule has 1 unspecified atom stereocenters. The maximum atomic E-state index is 9.77. The SMILES string of the molecule is OCC1(O)C=Cc2ccccc2OC1. The van der Waals surface area contributed by atoms with E-state index in [1.165, 1.54) is 0 Å². The van der Waals surface area contributed by atoms with Crippen molar-refractivity contribution in [3.05, 3.63) is 35.9 Å². The lowest BCUT2D eigenvalue weighted by Crippen LogP contribution is -2.37. The lowest BCUT2D eigenvalue weighted by atomic mass is 10.1. The van der Waals surface area contributed by atoms with Gasteiger partial charge in [0, 0.05) is 5.56 Å². The van der Waals surface area contributed by atoms with Crippen LogP contribution in [0.3, 0.4) is 0 Å². The fourth-order valence-corrected chi connectivity index (χ4v) is 1.34. The molecule has 0 aliphatic carbocycles. The average molecular weight is 192 g/mol. The van der Waals surface area contributed by atoms with Crippen molar-refractivity contribution >= 4 is 6.08 Å². The zero-order valence-corrected chi connectivity index (χ0v) is 7.68. The van der Waals surface area contributed by atoms with E-state index in [9.17, 15) is 5.11 Å². The van der Waals surface area contributed by atoms with Gasteiger partial charge in [-0.3, -0.25) is 0 Å². The predicted octanol–water partition coefficient (Wildman–Crippen LogP) is 0.816. The maximum Gasteiger partial charge on any atom is 0.140 e. The molecule has 1 aliphatic rings. The molecule has 2 N–H and O–H groups in total. The Morgan fingerprint density at radius 2 is 2.14 bits per heavy atom. The molecule has 0 amide bonds. The molecular weight excluding hydrogens is 180 g/mol. The van der Waals surface area contributed by atoms with Gasteiger partial charge in [0.1, 0.15) is 18.0 Å². The van der Waals surface area contributed by atoms with E-state index in [2.05, 4.69) is 0 Å². The lowest BCUT2D eigenvalue weighted by molar-refractivity contribution is -0.00746. The van der Waals surface area contributed by atoms with Crippen LogP contribution in [0.4, 0.5) is 0 Å². The zero-order chi connectivity index (χ0) is 10.0. The van der Waals surface area contributed by atoms with Crippen LogP contribution in [0.1, 0.15) is 5.56 Å². The Balaban J connectivity index is 2.34. The largest absolute Gasteiger partial charge is 0.490 e. The second kappa shape index (κ2) is 3.44. The zero-order valence-electron chi connectivity index (χ0n) is 7.68. The van der Waals surface area contributed by atoms with Crippen molar-refractivity contribution in [1.82, 2.24) is 0 Å². The Morgan fingerprint density at radius 3 is 2.93 bits per heavy atom. The van der Waals surface area contributed by atoms with E-state index in [0.29, 0.717) is 0 Å². The van der Waals surface area contributed by atoms with Gasteiger partial charge in [-0.05, 0) is 12.1 Å². The van der Waals surface area contributed by atoms with Crippen molar-refractivity contribution < 1.29 is 14.9 Å². The number of aliphatic hydroxyl groups is 2. The number of benzene rings is 1. The molecule has 0 aromatic heterocycles. The number of para-hydroxylation sites is 1. The third-order valence-corrected chi connectivity index (χ3v) is 2.24. The molecule has 0 spiro atoms. The van der Waals surface area contributed by atoms with E-state index in [1.807, 2.05) is 24.3 Å². The molecule has 2 rings (SSSR count). The monoisotopic (exact) mass is 192 g/mol. The second-order valence-electron chi connectivity index (χ2n) is 3.42. The van der Waals surface area contributed by atoms with Crippen molar-refractivity contribution in [2.24, 2.45) is 0 Å². The van der Waals surface area contributed by atoms with E-state index in [1.54, 1.807) is 12.2 Å². The first-order valence-corrected chi connectivity index (χ1v) is 4.48. The number of rotatable bonds is 1. The highest BCUT2D eigenvalue weighted by molar-refractivity contribution is 5.59. The van der Waals surface area contributed by atoms with Crippen molar-refractivity contribution in [2.45, 2.75) is 5.60 Å². The molecule has 1 heterocycles. The number of fused-ring (bicyclic) bond motifs is 1. The molecule has 0 bridgehead atoms. The van der Waals surface area contributed by atoms with Crippen LogP contribution in [-0.4, -0.2) is 29.0 Å². The van der Waals surface area contributed by atoms with Gasteiger partial charge in [0.25, 0.3) is 0 Å². The summed E-state index contributed by atoms with van der Waals surface area (Å²) in [5.74, 6) is 0.730. The van der Waals surface area contributed by atoms with Crippen molar-refractivity contribution in [1.29, 1.82) is 0 Å². The first-order chi connectivity index (χ1) is 6.73. The topological polar surface area (TPSA) is 49.7 Å². The molecule has 1 aromatic carbocycles. The van der Waals surface area contributed by atoms with Crippen LogP contribution in [-0.2, 0) is 0 Å². The molecule has 3 nitrogen and oxygen atoms in total. The summed E-state index contributed by atoms with van der Waals surface area (Å²) in [7, 11) is 0. The third-order valence-electron chi connectivity index (χ3n) is 2.24. The maximum absolute atomic E-state index is 9.77. The summed E-state index contributed by atoms with van der Waals surface area (Å²) in [4.78, 5) is 0. The van der Waals surface area contributed by atoms with Gasteiger partial charge in [-0.1, -0.05) is 24.3 Å². The Bertz CT molecular complexity index is 359. The highest BCUT2D eigenvalue weighted by Crippen LogP contribution is 2.25. The highest BCUT2D eigenvalue weighted by atomic mass is 16.5. The molecule has 1 atom stereocenters. The number of hydrogen-bond acceptors (Lipinski definition) is 3. The van der Waals surface area contributed by atoms with Crippen LogP contribution in [0.5, 0.6) is 5.75 Å². The number of hydrogen-bond donors (Lipinski definition) is 2. The highest BCUT2D eigenvalue weighted by Gasteiger charge is 2.25. The number of ether oxygens (including phenoxy) is 1. The lowest BCUT2D eigenvalue weighted by Gasteiger charge is -2.19. The van der Waals surface area contributed by atoms with Gasteiger partial charge in [0.2, 0.25) is 0 Å². The van der Waals surface area contributed by atoms with Crippen molar-refractivity contribution in [3.63, 3.8) is 0 Å². The average Bonchev–Trinajstić information content (AvgIpc) is 2.40. The molecule has 0 saturated heterocycles. The van der Waals surface area contributed by atoms with Gasteiger partial charge < -0.3 is 14.9 Å². The summed E-state index contributed by atoms with van der Waals surface area (Å²) in [6.07, 6.45) is 3.33. The van der Waals surface area contributed by atoms with Gasteiger partial charge in [-0.25, -0.2) is 0 Å². The molecule has 74 valence electrons. The fraction of sp³-hybridized carbons (Fsp3) is 0.273. The first kappa shape index (κ1) is 9.24. The molecule has 1 aromatic rings. The molecule has 0 fully saturated rings. The van der Waals surface area contributed by atoms with E-state index in [-0.39, 0.29) is 13.2 Å². The van der Waals surface area contributed by atoms with Crippen LogP contribution in [0.2, 0.25) is 0 Å². The van der Waals surface area contributed by atoms with Crippen LogP contribution in [0, 0.1) is 0 Å². The number of aliphatic hydroxyl groups excluding tert-OH is 1. The Labute approximate surface area is 82.3 Å². The van der Waals surface area contributed by atoms with Crippen LogP contribution < -0.4 is 4.74 Å². The molecular formula is C11H12O3. The summed E-state index contributed by atoms with van der Waals surface area (Å²) in [6.45, 7) is -0.255. The van der Waals surface area contributed by atoms with Gasteiger partial charge in [-0.15, -0.1) is 0 Å².